The minimum Gasteiger partial charge on any atom is -0.311 e. The van der Waals surface area contributed by atoms with Gasteiger partial charge in [-0.05, 0) is 25.0 Å². The van der Waals surface area contributed by atoms with Crippen molar-refractivity contribution in [3.63, 3.8) is 0 Å². The molecule has 0 aromatic heterocycles. The Hall–Kier alpha value is 0.270. The summed E-state index contributed by atoms with van der Waals surface area (Å²) in [4.78, 5) is 2.71. The Kier molecular flexibility index (Phi) is 6.78. The molecule has 0 amide bonds. The van der Waals surface area contributed by atoms with Crippen molar-refractivity contribution in [3.8, 4) is 0 Å². The van der Waals surface area contributed by atoms with Gasteiger partial charge in [0.2, 0.25) is 0 Å². The zero-order valence-electron chi connectivity index (χ0n) is 11.3. The van der Waals surface area contributed by atoms with Crippen LogP contribution in [0.5, 0.6) is 0 Å². The zero-order valence-corrected chi connectivity index (χ0v) is 12.1. The van der Waals surface area contributed by atoms with E-state index in [0.717, 1.165) is 12.0 Å². The minimum absolute atomic E-state index is 0.713. The molecule has 0 saturated carbocycles. The first-order chi connectivity index (χ1) is 7.67. The van der Waals surface area contributed by atoms with Crippen LogP contribution in [0, 0.1) is 5.92 Å². The number of thioether (sulfide) groups is 1. The molecule has 1 heterocycles. The lowest BCUT2D eigenvalue weighted by atomic mass is 9.98. The topological polar surface area (TPSA) is 15.3 Å². The van der Waals surface area contributed by atoms with E-state index >= 15 is 0 Å². The fourth-order valence-electron chi connectivity index (χ4n) is 2.46. The molecule has 16 heavy (non-hydrogen) atoms. The molecule has 3 heteroatoms. The average Bonchev–Trinajstić information content (AvgIpc) is 2.27. The monoisotopic (exact) mass is 244 g/mol. The van der Waals surface area contributed by atoms with Gasteiger partial charge in [0.1, 0.15) is 0 Å². The van der Waals surface area contributed by atoms with Crippen molar-refractivity contribution in [1.82, 2.24) is 10.2 Å². The third-order valence-corrected chi connectivity index (χ3v) is 4.02. The zero-order chi connectivity index (χ0) is 12.0. The summed E-state index contributed by atoms with van der Waals surface area (Å²) in [5.74, 6) is 2.08. The van der Waals surface area contributed by atoms with Crippen molar-refractivity contribution in [1.29, 1.82) is 0 Å². The Labute approximate surface area is 106 Å². The minimum atomic E-state index is 0.713. The fourth-order valence-corrected chi connectivity index (χ4v) is 2.88. The van der Waals surface area contributed by atoms with E-state index in [9.17, 15) is 0 Å². The Morgan fingerprint density at radius 2 is 2.19 bits per heavy atom. The first kappa shape index (κ1) is 14.3. The lowest BCUT2D eigenvalue weighted by Crippen LogP contribution is -2.57. The molecular formula is C13H28N2S. The van der Waals surface area contributed by atoms with Crippen molar-refractivity contribution in [2.75, 3.05) is 31.6 Å². The number of nitrogens with zero attached hydrogens (tertiary/aromatic N) is 1. The van der Waals surface area contributed by atoms with Crippen molar-refractivity contribution in [3.05, 3.63) is 0 Å². The Morgan fingerprint density at radius 1 is 1.44 bits per heavy atom. The van der Waals surface area contributed by atoms with Crippen molar-refractivity contribution < 1.29 is 0 Å². The predicted molar refractivity (Wildman–Crippen MR) is 75.3 cm³/mol. The van der Waals surface area contributed by atoms with Gasteiger partial charge in [0.15, 0.2) is 0 Å². The van der Waals surface area contributed by atoms with Crippen molar-refractivity contribution >= 4 is 11.8 Å². The van der Waals surface area contributed by atoms with Crippen LogP contribution in [0.25, 0.3) is 0 Å². The number of hydrogen-bond donors (Lipinski definition) is 1. The highest BCUT2D eigenvalue weighted by Crippen LogP contribution is 2.16. The number of nitrogens with one attached hydrogen (secondary N) is 1. The molecule has 0 spiro atoms. The fraction of sp³-hybridized carbons (Fsp3) is 1.00. The van der Waals surface area contributed by atoms with Gasteiger partial charge in [-0.1, -0.05) is 20.8 Å². The lowest BCUT2D eigenvalue weighted by molar-refractivity contribution is 0.120. The summed E-state index contributed by atoms with van der Waals surface area (Å²) in [6.07, 6.45) is 4.79. The molecule has 0 bridgehead atoms. The molecule has 0 radical (unpaired) electrons. The van der Waals surface area contributed by atoms with Crippen LogP contribution in [-0.2, 0) is 0 Å². The molecule has 0 aromatic rings. The maximum atomic E-state index is 3.68. The van der Waals surface area contributed by atoms with Gasteiger partial charge in [-0.25, -0.2) is 0 Å². The number of hydrogen-bond acceptors (Lipinski definition) is 3. The standard InChI is InChI=1S/C13H28N2S/c1-5-12-10-15(6-7-16-4)13(9-14-12)8-11(2)3/h11-14H,5-10H2,1-4H3. The molecule has 1 N–H and O–H groups in total. The second-order valence-electron chi connectivity index (χ2n) is 5.28. The third-order valence-electron chi connectivity index (χ3n) is 3.43. The van der Waals surface area contributed by atoms with Crippen LogP contribution in [0.4, 0.5) is 0 Å². The highest BCUT2D eigenvalue weighted by molar-refractivity contribution is 7.98. The molecule has 2 nitrogen and oxygen atoms in total. The molecule has 1 aliphatic rings. The summed E-state index contributed by atoms with van der Waals surface area (Å²) in [7, 11) is 0. The molecule has 1 fully saturated rings. The Morgan fingerprint density at radius 3 is 2.75 bits per heavy atom. The highest BCUT2D eigenvalue weighted by atomic mass is 32.2. The maximum Gasteiger partial charge on any atom is 0.0224 e. The largest absolute Gasteiger partial charge is 0.311 e. The van der Waals surface area contributed by atoms with Crippen molar-refractivity contribution in [2.24, 2.45) is 5.92 Å². The van der Waals surface area contributed by atoms with Crippen LogP contribution in [0.3, 0.4) is 0 Å². The molecular weight excluding hydrogens is 216 g/mol. The molecule has 1 saturated heterocycles. The van der Waals surface area contributed by atoms with E-state index in [1.165, 1.54) is 38.2 Å². The lowest BCUT2D eigenvalue weighted by Gasteiger charge is -2.41. The van der Waals surface area contributed by atoms with Crippen LogP contribution in [0.2, 0.25) is 0 Å². The second kappa shape index (κ2) is 7.57. The quantitative estimate of drug-likeness (QED) is 0.772. The van der Waals surface area contributed by atoms with Gasteiger partial charge >= 0.3 is 0 Å². The molecule has 1 aliphatic heterocycles. The molecule has 0 aromatic carbocycles. The van der Waals surface area contributed by atoms with E-state index < -0.39 is 0 Å². The van der Waals surface area contributed by atoms with Gasteiger partial charge in [0.05, 0.1) is 0 Å². The van der Waals surface area contributed by atoms with Crippen LogP contribution in [0.15, 0.2) is 0 Å². The molecule has 2 atom stereocenters. The van der Waals surface area contributed by atoms with E-state index in [4.69, 9.17) is 0 Å². The van der Waals surface area contributed by atoms with E-state index in [-0.39, 0.29) is 0 Å². The van der Waals surface area contributed by atoms with E-state index in [0.29, 0.717) is 6.04 Å². The van der Waals surface area contributed by atoms with Gasteiger partial charge in [-0.3, -0.25) is 4.90 Å². The molecule has 96 valence electrons. The first-order valence-corrected chi connectivity index (χ1v) is 8.03. The smallest absolute Gasteiger partial charge is 0.0224 e. The second-order valence-corrected chi connectivity index (χ2v) is 6.27. The normalized spacial score (nSPS) is 27.6. The predicted octanol–water partition coefficient (Wildman–Crippen LogP) is 2.45. The van der Waals surface area contributed by atoms with Crippen LogP contribution in [0.1, 0.15) is 33.6 Å². The SMILES string of the molecule is CCC1CN(CCSC)C(CC(C)C)CN1. The third kappa shape index (κ3) is 4.64. The maximum absolute atomic E-state index is 3.68. The van der Waals surface area contributed by atoms with E-state index in [1.54, 1.807) is 0 Å². The van der Waals surface area contributed by atoms with Gasteiger partial charge in [-0.2, -0.15) is 11.8 Å². The summed E-state index contributed by atoms with van der Waals surface area (Å²) >= 11 is 1.96. The summed E-state index contributed by atoms with van der Waals surface area (Å²) < 4.78 is 0. The van der Waals surface area contributed by atoms with Crippen LogP contribution in [-0.4, -0.2) is 48.6 Å². The summed E-state index contributed by atoms with van der Waals surface area (Å²) in [6.45, 7) is 10.6. The summed E-state index contributed by atoms with van der Waals surface area (Å²) in [5.41, 5.74) is 0. The molecule has 2 unspecified atom stereocenters. The van der Waals surface area contributed by atoms with Gasteiger partial charge in [-0.15, -0.1) is 0 Å². The van der Waals surface area contributed by atoms with Gasteiger partial charge < -0.3 is 5.32 Å². The van der Waals surface area contributed by atoms with Crippen LogP contribution < -0.4 is 5.32 Å². The Bertz CT molecular complexity index is 185. The summed E-state index contributed by atoms with van der Waals surface area (Å²) in [5, 5.41) is 3.68. The average molecular weight is 244 g/mol. The molecule has 0 aliphatic carbocycles. The van der Waals surface area contributed by atoms with Gasteiger partial charge in [0.25, 0.3) is 0 Å². The number of rotatable bonds is 6. The van der Waals surface area contributed by atoms with Crippen LogP contribution >= 0.6 is 11.8 Å². The van der Waals surface area contributed by atoms with E-state index in [1.807, 2.05) is 11.8 Å². The van der Waals surface area contributed by atoms with E-state index in [2.05, 4.69) is 37.2 Å². The number of piperazine rings is 1. The Balaban J connectivity index is 2.46. The van der Waals surface area contributed by atoms with Gasteiger partial charge in [0, 0.05) is 37.5 Å². The molecule has 1 rings (SSSR count). The summed E-state index contributed by atoms with van der Waals surface area (Å²) in [6, 6.07) is 1.47. The highest BCUT2D eigenvalue weighted by Gasteiger charge is 2.26. The first-order valence-electron chi connectivity index (χ1n) is 6.63. The van der Waals surface area contributed by atoms with Crippen molar-refractivity contribution in [2.45, 2.75) is 45.7 Å².